The fourth-order valence-electron chi connectivity index (χ4n) is 4.74. The van der Waals surface area contributed by atoms with Gasteiger partial charge in [0.05, 0.1) is 0 Å². The highest BCUT2D eigenvalue weighted by atomic mass is 16.7. The van der Waals surface area contributed by atoms with Crippen LogP contribution in [0.4, 0.5) is 0 Å². The third-order valence-corrected chi connectivity index (χ3v) is 5.67. The molecule has 3 aliphatic heterocycles. The molecule has 3 heteroatoms. The van der Waals surface area contributed by atoms with Gasteiger partial charge in [-0.15, -0.1) is 0 Å². The second-order valence-electron chi connectivity index (χ2n) is 6.46. The van der Waals surface area contributed by atoms with Crippen molar-refractivity contribution in [3.63, 3.8) is 0 Å². The van der Waals surface area contributed by atoms with E-state index in [2.05, 4.69) is 29.2 Å². The molecule has 0 amide bonds. The second-order valence-corrected chi connectivity index (χ2v) is 6.46. The third kappa shape index (κ3) is 1.29. The lowest BCUT2D eigenvalue weighted by molar-refractivity contribution is 0.140. The molecule has 1 fully saturated rings. The van der Waals surface area contributed by atoms with E-state index in [-0.39, 0.29) is 0 Å². The molecule has 2 atom stereocenters. The minimum absolute atomic E-state index is 0.360. The van der Waals surface area contributed by atoms with Crippen LogP contribution in [0.3, 0.4) is 0 Å². The zero-order valence-electron chi connectivity index (χ0n) is 11.6. The molecule has 104 valence electrons. The second kappa shape index (κ2) is 3.79. The summed E-state index contributed by atoms with van der Waals surface area (Å²) in [5.41, 5.74) is 3.30. The highest BCUT2D eigenvalue weighted by Crippen LogP contribution is 2.52. The van der Waals surface area contributed by atoms with Crippen LogP contribution < -0.4 is 9.47 Å². The Hall–Kier alpha value is -1.48. The maximum Gasteiger partial charge on any atom is 0.231 e. The Morgan fingerprint density at radius 1 is 1.15 bits per heavy atom. The van der Waals surface area contributed by atoms with Gasteiger partial charge < -0.3 is 9.47 Å². The average Bonchev–Trinajstić information content (AvgIpc) is 3.16. The van der Waals surface area contributed by atoms with Gasteiger partial charge in [0, 0.05) is 18.0 Å². The zero-order chi connectivity index (χ0) is 13.2. The van der Waals surface area contributed by atoms with Crippen LogP contribution in [-0.4, -0.2) is 30.3 Å². The fraction of sp³-hybridized carbons (Fsp3) is 0.529. The van der Waals surface area contributed by atoms with Gasteiger partial charge in [0.1, 0.15) is 0 Å². The Kier molecular flexibility index (Phi) is 2.12. The minimum Gasteiger partial charge on any atom is -0.454 e. The Balaban J connectivity index is 1.69. The molecule has 0 N–H and O–H groups in total. The normalized spacial score (nSPS) is 33.7. The van der Waals surface area contributed by atoms with E-state index in [1.165, 1.54) is 43.5 Å². The predicted octanol–water partition coefficient (Wildman–Crippen LogP) is 2.85. The van der Waals surface area contributed by atoms with E-state index in [1.54, 1.807) is 0 Å². The van der Waals surface area contributed by atoms with Gasteiger partial charge >= 0.3 is 0 Å². The van der Waals surface area contributed by atoms with Crippen molar-refractivity contribution in [2.45, 2.75) is 37.1 Å². The van der Waals surface area contributed by atoms with Crippen molar-refractivity contribution in [3.05, 3.63) is 35.4 Å². The summed E-state index contributed by atoms with van der Waals surface area (Å²) >= 11 is 0. The van der Waals surface area contributed by atoms with Crippen molar-refractivity contribution in [1.82, 2.24) is 4.90 Å². The summed E-state index contributed by atoms with van der Waals surface area (Å²) in [7, 11) is 0. The highest BCUT2D eigenvalue weighted by molar-refractivity contribution is 5.53. The summed E-state index contributed by atoms with van der Waals surface area (Å²) in [6.07, 6.45) is 9.85. The molecule has 1 spiro atoms. The van der Waals surface area contributed by atoms with Gasteiger partial charge in [-0.3, -0.25) is 4.90 Å². The molecule has 0 saturated carbocycles. The summed E-state index contributed by atoms with van der Waals surface area (Å²) in [4.78, 5) is 2.74. The van der Waals surface area contributed by atoms with E-state index >= 15 is 0 Å². The van der Waals surface area contributed by atoms with E-state index in [0.717, 1.165) is 17.9 Å². The molecule has 4 aliphatic rings. The first-order valence-electron chi connectivity index (χ1n) is 7.71. The Labute approximate surface area is 119 Å². The highest BCUT2D eigenvalue weighted by Gasteiger charge is 2.49. The van der Waals surface area contributed by atoms with Gasteiger partial charge in [-0.25, -0.2) is 0 Å². The standard InChI is InChI=1S/C17H19NO2/c1-3-14-13-10-16-15(19-11-20-16)9-12(13)4-8-18-7-2-6-17(14,18)5-1/h1,3,9-10,14H,2,4-8,11H2/t14-,17?/m0/s1. The average molecular weight is 269 g/mol. The van der Waals surface area contributed by atoms with Gasteiger partial charge in [0.25, 0.3) is 0 Å². The van der Waals surface area contributed by atoms with E-state index in [0.29, 0.717) is 18.2 Å². The topological polar surface area (TPSA) is 21.7 Å². The van der Waals surface area contributed by atoms with Crippen LogP contribution in [0.2, 0.25) is 0 Å². The predicted molar refractivity (Wildman–Crippen MR) is 76.3 cm³/mol. The maximum atomic E-state index is 5.60. The van der Waals surface area contributed by atoms with Gasteiger partial charge in [-0.1, -0.05) is 12.2 Å². The van der Waals surface area contributed by atoms with Gasteiger partial charge in [-0.2, -0.15) is 0 Å². The number of rotatable bonds is 0. The van der Waals surface area contributed by atoms with Crippen LogP contribution >= 0.6 is 0 Å². The van der Waals surface area contributed by atoms with Crippen molar-refractivity contribution >= 4 is 0 Å². The Bertz CT molecular complexity index is 609. The third-order valence-electron chi connectivity index (χ3n) is 5.67. The summed E-state index contributed by atoms with van der Waals surface area (Å²) in [5, 5.41) is 0. The van der Waals surface area contributed by atoms with Crippen molar-refractivity contribution in [1.29, 1.82) is 0 Å². The number of hydrogen-bond donors (Lipinski definition) is 0. The molecular formula is C17H19NO2. The monoisotopic (exact) mass is 269 g/mol. The van der Waals surface area contributed by atoms with Crippen LogP contribution in [-0.2, 0) is 6.42 Å². The van der Waals surface area contributed by atoms with E-state index in [9.17, 15) is 0 Å². The van der Waals surface area contributed by atoms with E-state index in [1.807, 2.05) is 0 Å². The number of ether oxygens (including phenoxy) is 2. The Morgan fingerprint density at radius 3 is 3.00 bits per heavy atom. The van der Waals surface area contributed by atoms with Crippen LogP contribution in [0.1, 0.15) is 36.3 Å². The largest absolute Gasteiger partial charge is 0.454 e. The molecule has 3 nitrogen and oxygen atoms in total. The molecule has 20 heavy (non-hydrogen) atoms. The molecule has 1 aliphatic carbocycles. The quantitative estimate of drug-likeness (QED) is 0.676. The van der Waals surface area contributed by atoms with Gasteiger partial charge in [-0.05, 0) is 55.5 Å². The van der Waals surface area contributed by atoms with Crippen molar-refractivity contribution in [2.75, 3.05) is 19.9 Å². The van der Waals surface area contributed by atoms with Gasteiger partial charge in [0.2, 0.25) is 6.79 Å². The molecule has 3 heterocycles. The molecule has 1 aromatic rings. The summed E-state index contributed by atoms with van der Waals surface area (Å²) in [5.74, 6) is 2.41. The lowest BCUT2D eigenvalue weighted by Gasteiger charge is -2.39. The lowest BCUT2D eigenvalue weighted by Crippen LogP contribution is -2.45. The molecule has 0 radical (unpaired) electrons. The number of hydrogen-bond acceptors (Lipinski definition) is 3. The first kappa shape index (κ1) is 11.2. The summed E-state index contributed by atoms with van der Waals surface area (Å²) in [6, 6.07) is 4.47. The first-order chi connectivity index (χ1) is 9.87. The molecule has 1 aromatic carbocycles. The summed E-state index contributed by atoms with van der Waals surface area (Å²) in [6.45, 7) is 2.82. The maximum absolute atomic E-state index is 5.60. The van der Waals surface area contributed by atoms with E-state index in [4.69, 9.17) is 9.47 Å². The van der Waals surface area contributed by atoms with Crippen LogP contribution in [0.5, 0.6) is 11.5 Å². The number of nitrogens with zero attached hydrogens (tertiary/aromatic N) is 1. The number of benzene rings is 1. The van der Waals surface area contributed by atoms with Gasteiger partial charge in [0.15, 0.2) is 11.5 Å². The minimum atomic E-state index is 0.360. The smallest absolute Gasteiger partial charge is 0.231 e. The van der Waals surface area contributed by atoms with Crippen LogP contribution in [0, 0.1) is 0 Å². The molecule has 0 bridgehead atoms. The van der Waals surface area contributed by atoms with Crippen molar-refractivity contribution in [3.8, 4) is 11.5 Å². The number of fused-ring (bicyclic) bond motifs is 3. The first-order valence-corrected chi connectivity index (χ1v) is 7.71. The van der Waals surface area contributed by atoms with Crippen LogP contribution in [0.25, 0.3) is 0 Å². The van der Waals surface area contributed by atoms with Crippen molar-refractivity contribution < 1.29 is 9.47 Å². The molecule has 1 saturated heterocycles. The summed E-state index contributed by atoms with van der Waals surface area (Å²) < 4.78 is 11.2. The van der Waals surface area contributed by atoms with Crippen LogP contribution in [0.15, 0.2) is 24.3 Å². The molecule has 0 aromatic heterocycles. The fourth-order valence-corrected chi connectivity index (χ4v) is 4.74. The SMILES string of the molecule is C1=C[C@H]2c3cc4c(cc3CCN3CCCC23C1)OCO4. The Morgan fingerprint density at radius 2 is 2.05 bits per heavy atom. The molecule has 5 rings (SSSR count). The van der Waals surface area contributed by atoms with Crippen molar-refractivity contribution in [2.24, 2.45) is 0 Å². The molecule has 1 unspecified atom stereocenters. The van der Waals surface area contributed by atoms with E-state index < -0.39 is 0 Å². The lowest BCUT2D eigenvalue weighted by atomic mass is 9.79. The molecular weight excluding hydrogens is 250 g/mol. The zero-order valence-corrected chi connectivity index (χ0v) is 11.6.